The minimum atomic E-state index is -0.739. The van der Waals surface area contributed by atoms with Crippen LogP contribution in [0.2, 0.25) is 0 Å². The molecule has 0 spiro atoms. The molecule has 6 heteroatoms. The number of nitrogens with zero attached hydrogens (tertiary/aromatic N) is 1. The fourth-order valence-electron chi connectivity index (χ4n) is 1.41. The smallest absolute Gasteiger partial charge is 0.413 e. The van der Waals surface area contributed by atoms with Gasteiger partial charge in [0.1, 0.15) is 0 Å². The van der Waals surface area contributed by atoms with Gasteiger partial charge < -0.3 is 4.74 Å². The second-order valence-electron chi connectivity index (χ2n) is 3.84. The number of alkyl carbamates (subject to hydrolysis) is 1. The van der Waals surface area contributed by atoms with E-state index in [0.29, 0.717) is 6.54 Å². The van der Waals surface area contributed by atoms with Crippen LogP contribution < -0.4 is 5.32 Å². The topological polar surface area (TPSA) is 58.6 Å². The first-order chi connectivity index (χ1) is 8.51. The molecule has 5 nitrogen and oxygen atoms in total. The van der Waals surface area contributed by atoms with Gasteiger partial charge in [0.2, 0.25) is 5.91 Å². The van der Waals surface area contributed by atoms with Gasteiger partial charge in [-0.3, -0.25) is 15.0 Å². The average molecular weight is 315 g/mol. The van der Waals surface area contributed by atoms with Crippen molar-refractivity contribution in [2.75, 3.05) is 20.7 Å². The van der Waals surface area contributed by atoms with Crippen LogP contribution in [-0.4, -0.2) is 37.6 Å². The summed E-state index contributed by atoms with van der Waals surface area (Å²) in [6.45, 7) is 0.757. The Morgan fingerprint density at radius 2 is 1.94 bits per heavy atom. The highest BCUT2D eigenvalue weighted by Crippen LogP contribution is 2.11. The molecule has 0 aromatic heterocycles. The molecule has 0 aliphatic heterocycles. The zero-order valence-corrected chi connectivity index (χ0v) is 11.9. The van der Waals surface area contributed by atoms with Gasteiger partial charge in [0.25, 0.3) is 0 Å². The molecule has 0 saturated heterocycles. The van der Waals surface area contributed by atoms with E-state index in [0.717, 1.165) is 10.0 Å². The molecule has 0 radical (unpaired) electrons. The lowest BCUT2D eigenvalue weighted by Gasteiger charge is -2.15. The van der Waals surface area contributed by atoms with Crippen LogP contribution in [0.15, 0.2) is 28.7 Å². The largest absolute Gasteiger partial charge is 0.453 e. The lowest BCUT2D eigenvalue weighted by atomic mass is 10.2. The Morgan fingerprint density at radius 3 is 2.50 bits per heavy atom. The molecule has 2 amide bonds. The van der Waals surface area contributed by atoms with Gasteiger partial charge in [-0.1, -0.05) is 28.1 Å². The molecule has 0 bridgehead atoms. The van der Waals surface area contributed by atoms with Crippen LogP contribution in [-0.2, 0) is 16.1 Å². The van der Waals surface area contributed by atoms with E-state index in [4.69, 9.17) is 0 Å². The molecule has 0 fully saturated rings. The van der Waals surface area contributed by atoms with Crippen molar-refractivity contribution in [1.29, 1.82) is 0 Å². The molecule has 1 aromatic rings. The Bertz CT molecular complexity index is 420. The zero-order valence-electron chi connectivity index (χ0n) is 10.3. The summed E-state index contributed by atoms with van der Waals surface area (Å²) in [5.41, 5.74) is 1.09. The van der Waals surface area contributed by atoms with E-state index in [1.54, 1.807) is 7.05 Å². The Morgan fingerprint density at radius 1 is 1.33 bits per heavy atom. The van der Waals surface area contributed by atoms with Crippen molar-refractivity contribution in [1.82, 2.24) is 10.2 Å². The fraction of sp³-hybridized carbons (Fsp3) is 0.333. The fourth-order valence-corrected chi connectivity index (χ4v) is 1.67. The number of imide groups is 1. The third kappa shape index (κ3) is 5.29. The minimum Gasteiger partial charge on any atom is -0.453 e. The predicted molar refractivity (Wildman–Crippen MR) is 71.0 cm³/mol. The van der Waals surface area contributed by atoms with Crippen molar-refractivity contribution in [3.05, 3.63) is 34.3 Å². The van der Waals surface area contributed by atoms with Crippen molar-refractivity contribution in [2.24, 2.45) is 0 Å². The van der Waals surface area contributed by atoms with E-state index in [1.807, 2.05) is 29.2 Å². The molecular weight excluding hydrogens is 300 g/mol. The average Bonchev–Trinajstić information content (AvgIpc) is 2.31. The van der Waals surface area contributed by atoms with Gasteiger partial charge in [0.15, 0.2) is 0 Å². The third-order valence-corrected chi connectivity index (χ3v) is 2.73. The molecule has 0 atom stereocenters. The van der Waals surface area contributed by atoms with E-state index in [1.165, 1.54) is 7.11 Å². The van der Waals surface area contributed by atoms with Crippen LogP contribution >= 0.6 is 15.9 Å². The van der Waals surface area contributed by atoms with Crippen LogP contribution in [0.5, 0.6) is 0 Å². The first-order valence-electron chi connectivity index (χ1n) is 5.32. The number of nitrogens with one attached hydrogen (secondary N) is 1. The van der Waals surface area contributed by atoms with Crippen molar-refractivity contribution in [3.63, 3.8) is 0 Å². The van der Waals surface area contributed by atoms with Crippen molar-refractivity contribution < 1.29 is 14.3 Å². The lowest BCUT2D eigenvalue weighted by Crippen LogP contribution is -2.38. The first-order valence-corrected chi connectivity index (χ1v) is 6.11. The number of benzene rings is 1. The maximum Gasteiger partial charge on any atom is 0.413 e. The highest BCUT2D eigenvalue weighted by Gasteiger charge is 2.10. The lowest BCUT2D eigenvalue weighted by molar-refractivity contribution is -0.121. The van der Waals surface area contributed by atoms with Gasteiger partial charge in [-0.2, -0.15) is 0 Å². The zero-order chi connectivity index (χ0) is 13.5. The summed E-state index contributed by atoms with van der Waals surface area (Å²) >= 11 is 3.36. The van der Waals surface area contributed by atoms with Crippen molar-refractivity contribution >= 4 is 27.9 Å². The van der Waals surface area contributed by atoms with E-state index in [-0.39, 0.29) is 12.5 Å². The number of likely N-dealkylation sites (N-methyl/N-ethyl adjacent to an activating group) is 1. The predicted octanol–water partition coefficient (Wildman–Crippen LogP) is 1.76. The van der Waals surface area contributed by atoms with Gasteiger partial charge in [-0.15, -0.1) is 0 Å². The number of hydrogen-bond acceptors (Lipinski definition) is 4. The Kier molecular flexibility index (Phi) is 5.80. The summed E-state index contributed by atoms with van der Waals surface area (Å²) in [6, 6.07) is 7.83. The van der Waals surface area contributed by atoms with E-state index >= 15 is 0 Å². The van der Waals surface area contributed by atoms with Gasteiger partial charge in [0, 0.05) is 11.0 Å². The van der Waals surface area contributed by atoms with E-state index in [9.17, 15) is 9.59 Å². The maximum absolute atomic E-state index is 11.4. The molecule has 98 valence electrons. The summed E-state index contributed by atoms with van der Waals surface area (Å²) in [5.74, 6) is -0.388. The summed E-state index contributed by atoms with van der Waals surface area (Å²) in [7, 11) is 3.02. The highest BCUT2D eigenvalue weighted by atomic mass is 79.9. The summed E-state index contributed by atoms with van der Waals surface area (Å²) in [4.78, 5) is 24.0. The van der Waals surface area contributed by atoms with E-state index < -0.39 is 6.09 Å². The van der Waals surface area contributed by atoms with Crippen LogP contribution in [0.4, 0.5) is 4.79 Å². The summed E-state index contributed by atoms with van der Waals surface area (Å²) < 4.78 is 5.35. The van der Waals surface area contributed by atoms with Crippen molar-refractivity contribution in [3.8, 4) is 0 Å². The molecule has 0 aliphatic carbocycles. The molecule has 0 saturated carbocycles. The molecule has 18 heavy (non-hydrogen) atoms. The number of halogens is 1. The number of amides is 2. The van der Waals surface area contributed by atoms with Gasteiger partial charge >= 0.3 is 6.09 Å². The normalized spacial score (nSPS) is 10.2. The quantitative estimate of drug-likeness (QED) is 0.920. The Balaban J connectivity index is 2.41. The van der Waals surface area contributed by atoms with Gasteiger partial charge in [-0.05, 0) is 24.7 Å². The molecule has 0 aliphatic rings. The van der Waals surface area contributed by atoms with Crippen LogP contribution in [0.1, 0.15) is 5.56 Å². The van der Waals surface area contributed by atoms with Crippen LogP contribution in [0.25, 0.3) is 0 Å². The summed E-state index contributed by atoms with van der Waals surface area (Å²) in [5, 5.41) is 2.11. The number of hydrogen-bond donors (Lipinski definition) is 1. The Hall–Kier alpha value is -1.40. The maximum atomic E-state index is 11.4. The number of carbonyl (C=O) groups excluding carboxylic acids is 2. The Labute approximate surface area is 114 Å². The van der Waals surface area contributed by atoms with E-state index in [2.05, 4.69) is 26.0 Å². The third-order valence-electron chi connectivity index (χ3n) is 2.21. The molecule has 0 unspecified atom stereocenters. The number of carbonyl (C=O) groups is 2. The first kappa shape index (κ1) is 14.7. The highest BCUT2D eigenvalue weighted by molar-refractivity contribution is 9.10. The van der Waals surface area contributed by atoms with Crippen LogP contribution in [0.3, 0.4) is 0 Å². The molecule has 0 heterocycles. The van der Waals surface area contributed by atoms with Gasteiger partial charge in [0.05, 0.1) is 13.7 Å². The van der Waals surface area contributed by atoms with Gasteiger partial charge in [-0.25, -0.2) is 4.79 Å². The molecule has 1 rings (SSSR count). The number of rotatable bonds is 4. The number of ether oxygens (including phenoxy) is 1. The number of methoxy groups -OCH3 is 1. The second kappa shape index (κ2) is 7.13. The summed E-state index contributed by atoms with van der Waals surface area (Å²) in [6.07, 6.45) is -0.739. The van der Waals surface area contributed by atoms with Crippen LogP contribution in [0, 0.1) is 0 Å². The standard InChI is InChI=1S/C12H15BrN2O3/c1-15(8-11(16)14-12(17)18-2)7-9-3-5-10(13)6-4-9/h3-6H,7-8H2,1-2H3,(H,14,16,17). The minimum absolute atomic E-state index is 0.130. The molecule has 1 N–H and O–H groups in total. The second-order valence-corrected chi connectivity index (χ2v) is 4.75. The molecular formula is C12H15BrN2O3. The SMILES string of the molecule is COC(=O)NC(=O)CN(C)Cc1ccc(Br)cc1. The molecule has 1 aromatic carbocycles. The monoisotopic (exact) mass is 314 g/mol. The van der Waals surface area contributed by atoms with Crippen molar-refractivity contribution in [2.45, 2.75) is 6.54 Å².